The van der Waals surface area contributed by atoms with E-state index in [0.29, 0.717) is 22.8 Å². The molecule has 23 heavy (non-hydrogen) atoms. The maximum Gasteiger partial charge on any atom is 0.161 e. The number of rotatable bonds is 4. The van der Waals surface area contributed by atoms with Crippen LogP contribution in [0.1, 0.15) is 11.3 Å². The molecule has 114 valence electrons. The first-order valence-corrected chi connectivity index (χ1v) is 7.08. The fourth-order valence-corrected chi connectivity index (χ4v) is 2.40. The molecule has 3 rings (SSSR count). The Labute approximate surface area is 134 Å². The van der Waals surface area contributed by atoms with Crippen molar-refractivity contribution >= 4 is 22.6 Å². The van der Waals surface area contributed by atoms with Crippen molar-refractivity contribution in [2.45, 2.75) is 0 Å². The van der Waals surface area contributed by atoms with E-state index in [1.165, 1.54) is 0 Å². The van der Waals surface area contributed by atoms with Gasteiger partial charge in [-0.2, -0.15) is 5.26 Å². The number of ether oxygens (including phenoxy) is 2. The standard InChI is InChI=1S/C19H15NO3/c1-21-18-8-7-13(11-19(18)22-2)15(12-20)10-16-9-14-5-3-4-6-17(14)23-16/h3-11H,1-2H3/b15-10+. The van der Waals surface area contributed by atoms with Crippen LogP contribution in [-0.2, 0) is 0 Å². The number of methoxy groups -OCH3 is 2. The van der Waals surface area contributed by atoms with E-state index in [1.54, 1.807) is 32.4 Å². The first kappa shape index (κ1) is 14.7. The third-order valence-corrected chi connectivity index (χ3v) is 3.55. The molecule has 3 aromatic rings. The molecule has 2 aromatic carbocycles. The number of benzene rings is 2. The molecule has 0 spiro atoms. The molecule has 0 aliphatic carbocycles. The highest BCUT2D eigenvalue weighted by atomic mass is 16.5. The van der Waals surface area contributed by atoms with Crippen LogP contribution < -0.4 is 9.47 Å². The lowest BCUT2D eigenvalue weighted by molar-refractivity contribution is 0.355. The van der Waals surface area contributed by atoms with E-state index < -0.39 is 0 Å². The summed E-state index contributed by atoms with van der Waals surface area (Å²) in [4.78, 5) is 0. The van der Waals surface area contributed by atoms with Crippen molar-refractivity contribution in [3.63, 3.8) is 0 Å². The van der Waals surface area contributed by atoms with Gasteiger partial charge in [0, 0.05) is 5.39 Å². The molecule has 0 radical (unpaired) electrons. The van der Waals surface area contributed by atoms with Gasteiger partial charge in [0.1, 0.15) is 11.3 Å². The number of hydrogen-bond acceptors (Lipinski definition) is 4. The molecule has 1 aromatic heterocycles. The van der Waals surface area contributed by atoms with E-state index in [1.807, 2.05) is 36.4 Å². The van der Waals surface area contributed by atoms with Gasteiger partial charge >= 0.3 is 0 Å². The van der Waals surface area contributed by atoms with E-state index in [4.69, 9.17) is 13.9 Å². The zero-order valence-corrected chi connectivity index (χ0v) is 12.9. The Hall–Kier alpha value is -3.19. The van der Waals surface area contributed by atoms with Crippen LogP contribution in [0.25, 0.3) is 22.6 Å². The molecule has 0 aliphatic rings. The molecule has 0 saturated heterocycles. The average Bonchev–Trinajstić information content (AvgIpc) is 3.01. The minimum absolute atomic E-state index is 0.491. The summed E-state index contributed by atoms with van der Waals surface area (Å²) in [7, 11) is 3.14. The van der Waals surface area contributed by atoms with E-state index in [2.05, 4.69) is 6.07 Å². The number of nitriles is 1. The van der Waals surface area contributed by atoms with Crippen LogP contribution in [0.3, 0.4) is 0 Å². The van der Waals surface area contributed by atoms with Crippen LogP contribution >= 0.6 is 0 Å². The Morgan fingerprint density at radius 2 is 1.83 bits per heavy atom. The summed E-state index contributed by atoms with van der Waals surface area (Å²) >= 11 is 0. The summed E-state index contributed by atoms with van der Waals surface area (Å²) in [6, 6.07) is 17.2. The summed E-state index contributed by atoms with van der Waals surface area (Å²) < 4.78 is 16.2. The summed E-state index contributed by atoms with van der Waals surface area (Å²) in [5.74, 6) is 1.84. The first-order valence-electron chi connectivity index (χ1n) is 7.08. The number of furan rings is 1. The van der Waals surface area contributed by atoms with Gasteiger partial charge in [0.15, 0.2) is 11.5 Å². The molecule has 1 heterocycles. The number of hydrogen-bond donors (Lipinski definition) is 0. The first-order chi connectivity index (χ1) is 11.2. The Bertz CT molecular complexity index is 883. The topological polar surface area (TPSA) is 55.4 Å². The van der Waals surface area contributed by atoms with Gasteiger partial charge in [-0.25, -0.2) is 0 Å². The molecular weight excluding hydrogens is 290 g/mol. The summed E-state index contributed by atoms with van der Waals surface area (Å²) in [6.07, 6.45) is 1.72. The minimum atomic E-state index is 0.491. The fourth-order valence-electron chi connectivity index (χ4n) is 2.40. The van der Waals surface area contributed by atoms with Crippen LogP contribution in [0.2, 0.25) is 0 Å². The van der Waals surface area contributed by atoms with Gasteiger partial charge in [-0.1, -0.05) is 18.2 Å². The largest absolute Gasteiger partial charge is 0.493 e. The average molecular weight is 305 g/mol. The number of nitrogens with zero attached hydrogens (tertiary/aromatic N) is 1. The van der Waals surface area contributed by atoms with Crippen molar-refractivity contribution in [3.05, 3.63) is 59.9 Å². The Balaban J connectivity index is 2.03. The summed E-state index contributed by atoms with van der Waals surface area (Å²) in [5, 5.41) is 10.5. The highest BCUT2D eigenvalue weighted by molar-refractivity contribution is 5.91. The van der Waals surface area contributed by atoms with Gasteiger partial charge in [-0.15, -0.1) is 0 Å². The van der Waals surface area contributed by atoms with Crippen molar-refractivity contribution in [2.24, 2.45) is 0 Å². The Kier molecular flexibility index (Phi) is 4.03. The molecular formula is C19H15NO3. The molecule has 0 bridgehead atoms. The van der Waals surface area contributed by atoms with Gasteiger partial charge in [0.25, 0.3) is 0 Å². The minimum Gasteiger partial charge on any atom is -0.493 e. The van der Waals surface area contributed by atoms with Gasteiger partial charge in [-0.05, 0) is 42.0 Å². The maximum atomic E-state index is 9.47. The zero-order valence-electron chi connectivity index (χ0n) is 12.9. The lowest BCUT2D eigenvalue weighted by atomic mass is 10.1. The fraction of sp³-hybridized carbons (Fsp3) is 0.105. The van der Waals surface area contributed by atoms with Crippen LogP contribution in [-0.4, -0.2) is 14.2 Å². The third-order valence-electron chi connectivity index (χ3n) is 3.55. The molecule has 4 nitrogen and oxygen atoms in total. The highest BCUT2D eigenvalue weighted by Gasteiger charge is 2.09. The number of allylic oxidation sites excluding steroid dienone is 1. The predicted molar refractivity (Wildman–Crippen MR) is 89.2 cm³/mol. The lowest BCUT2D eigenvalue weighted by Gasteiger charge is -2.08. The molecule has 0 saturated carbocycles. The van der Waals surface area contributed by atoms with E-state index in [9.17, 15) is 5.26 Å². The predicted octanol–water partition coefficient (Wildman–Crippen LogP) is 4.51. The van der Waals surface area contributed by atoms with Crippen molar-refractivity contribution in [1.29, 1.82) is 5.26 Å². The molecule has 0 fully saturated rings. The molecule has 0 N–H and O–H groups in total. The maximum absolute atomic E-state index is 9.47. The Morgan fingerprint density at radius 3 is 2.52 bits per heavy atom. The van der Waals surface area contributed by atoms with Gasteiger partial charge in [-0.3, -0.25) is 0 Å². The molecule has 0 atom stereocenters. The number of fused-ring (bicyclic) bond motifs is 1. The van der Waals surface area contributed by atoms with Crippen molar-refractivity contribution in [2.75, 3.05) is 14.2 Å². The van der Waals surface area contributed by atoms with Crippen LogP contribution in [0, 0.1) is 11.3 Å². The smallest absolute Gasteiger partial charge is 0.161 e. The second-order valence-corrected chi connectivity index (χ2v) is 4.93. The van der Waals surface area contributed by atoms with E-state index >= 15 is 0 Å². The van der Waals surface area contributed by atoms with Gasteiger partial charge in [0.2, 0.25) is 0 Å². The second kappa shape index (κ2) is 6.29. The normalized spacial score (nSPS) is 11.3. The molecule has 0 unspecified atom stereocenters. The second-order valence-electron chi connectivity index (χ2n) is 4.93. The van der Waals surface area contributed by atoms with Crippen LogP contribution in [0.4, 0.5) is 0 Å². The SMILES string of the molecule is COc1ccc(/C(C#N)=C/c2cc3ccccc3o2)cc1OC. The highest BCUT2D eigenvalue weighted by Crippen LogP contribution is 2.31. The monoisotopic (exact) mass is 305 g/mol. The molecule has 4 heteroatoms. The van der Waals surface area contributed by atoms with Crippen molar-refractivity contribution < 1.29 is 13.9 Å². The van der Waals surface area contributed by atoms with Crippen molar-refractivity contribution in [3.8, 4) is 17.6 Å². The lowest BCUT2D eigenvalue weighted by Crippen LogP contribution is -1.92. The number of para-hydroxylation sites is 1. The van der Waals surface area contributed by atoms with Gasteiger partial charge in [0.05, 0.1) is 25.9 Å². The van der Waals surface area contributed by atoms with E-state index in [0.717, 1.165) is 16.5 Å². The molecule has 0 aliphatic heterocycles. The third kappa shape index (κ3) is 2.90. The zero-order chi connectivity index (χ0) is 16.2. The van der Waals surface area contributed by atoms with Crippen LogP contribution in [0.15, 0.2) is 52.9 Å². The quantitative estimate of drug-likeness (QED) is 0.665. The molecule has 0 amide bonds. The van der Waals surface area contributed by atoms with Crippen LogP contribution in [0.5, 0.6) is 11.5 Å². The Morgan fingerprint density at radius 1 is 1.04 bits per heavy atom. The van der Waals surface area contributed by atoms with Crippen molar-refractivity contribution in [1.82, 2.24) is 0 Å². The summed E-state index contributed by atoms with van der Waals surface area (Å²) in [6.45, 7) is 0. The van der Waals surface area contributed by atoms with E-state index in [-0.39, 0.29) is 0 Å². The van der Waals surface area contributed by atoms with Gasteiger partial charge < -0.3 is 13.9 Å². The summed E-state index contributed by atoms with van der Waals surface area (Å²) in [5.41, 5.74) is 2.03.